The monoisotopic (exact) mass is 370 g/mol. The van der Waals surface area contributed by atoms with Crippen molar-refractivity contribution in [2.75, 3.05) is 0 Å². The first-order chi connectivity index (χ1) is 12.0. The topological polar surface area (TPSA) is 59.1 Å². The summed E-state index contributed by atoms with van der Waals surface area (Å²) in [6.45, 7) is 2.18. The van der Waals surface area contributed by atoms with Gasteiger partial charge in [-0.1, -0.05) is 35.9 Å². The maximum atomic E-state index is 12.2. The Morgan fingerprint density at radius 3 is 2.68 bits per heavy atom. The van der Waals surface area contributed by atoms with E-state index in [1.807, 2.05) is 60.1 Å². The van der Waals surface area contributed by atoms with Crippen molar-refractivity contribution >= 4 is 27.4 Å². The summed E-state index contributed by atoms with van der Waals surface area (Å²) in [5.41, 5.74) is 4.61. The van der Waals surface area contributed by atoms with Crippen LogP contribution in [0.2, 0.25) is 0 Å². The summed E-state index contributed by atoms with van der Waals surface area (Å²) in [5.74, 6) is 0. The van der Waals surface area contributed by atoms with Crippen LogP contribution >= 0.6 is 11.3 Å². The fraction of sp³-hybridized carbons (Fsp3) is 0.105. The van der Waals surface area contributed by atoms with Crippen molar-refractivity contribution < 1.29 is 8.42 Å². The average molecular weight is 370 g/mol. The molecule has 0 bridgehead atoms. The van der Waals surface area contributed by atoms with Gasteiger partial charge in [-0.05, 0) is 41.6 Å². The molecule has 1 N–H and O–H groups in total. The number of rotatable bonds is 6. The van der Waals surface area contributed by atoms with Crippen LogP contribution in [0.25, 0.3) is 17.3 Å². The van der Waals surface area contributed by atoms with Crippen LogP contribution in [0.5, 0.6) is 0 Å². The number of aromatic nitrogens is 1. The van der Waals surface area contributed by atoms with Crippen LogP contribution in [-0.4, -0.2) is 13.4 Å². The molecule has 3 rings (SSSR count). The molecule has 0 atom stereocenters. The van der Waals surface area contributed by atoms with Gasteiger partial charge in [0.15, 0.2) is 0 Å². The van der Waals surface area contributed by atoms with Crippen molar-refractivity contribution in [1.29, 1.82) is 0 Å². The number of nitrogens with zero attached hydrogens (tertiary/aromatic N) is 1. The van der Waals surface area contributed by atoms with Crippen LogP contribution in [0.1, 0.15) is 16.7 Å². The SMILES string of the molecule is Cc1ccc(/C=C/S(=O)(=O)NCc2cccnc2-c2ccsc2)cc1. The molecule has 0 spiro atoms. The number of hydrogen-bond acceptors (Lipinski definition) is 4. The van der Waals surface area contributed by atoms with Gasteiger partial charge < -0.3 is 0 Å². The highest BCUT2D eigenvalue weighted by molar-refractivity contribution is 7.92. The maximum absolute atomic E-state index is 12.2. The van der Waals surface area contributed by atoms with Crippen molar-refractivity contribution in [1.82, 2.24) is 9.71 Å². The maximum Gasteiger partial charge on any atom is 0.234 e. The first-order valence-electron chi connectivity index (χ1n) is 7.74. The second-order valence-corrected chi connectivity index (χ2v) is 8.03. The predicted octanol–water partition coefficient (Wildman–Crippen LogP) is 4.21. The summed E-state index contributed by atoms with van der Waals surface area (Å²) < 4.78 is 27.1. The molecule has 25 heavy (non-hydrogen) atoms. The molecule has 2 heterocycles. The third kappa shape index (κ3) is 4.85. The van der Waals surface area contributed by atoms with E-state index in [0.717, 1.165) is 27.9 Å². The van der Waals surface area contributed by atoms with Gasteiger partial charge in [-0.15, -0.1) is 0 Å². The van der Waals surface area contributed by atoms with Crippen LogP contribution in [-0.2, 0) is 16.6 Å². The third-order valence-electron chi connectivity index (χ3n) is 3.67. The van der Waals surface area contributed by atoms with E-state index in [0.29, 0.717) is 0 Å². The van der Waals surface area contributed by atoms with Crippen molar-refractivity contribution in [3.8, 4) is 11.3 Å². The molecule has 0 aliphatic carbocycles. The Kier molecular flexibility index (Phi) is 5.43. The Morgan fingerprint density at radius 1 is 1.16 bits per heavy atom. The van der Waals surface area contributed by atoms with E-state index in [2.05, 4.69) is 9.71 Å². The standard InChI is InChI=1S/C19H18N2O2S2/c1-15-4-6-16(7-5-15)9-12-25(22,23)21-13-17-3-2-10-20-19(17)18-8-11-24-14-18/h2-12,14,21H,13H2,1H3/b12-9+. The second-order valence-electron chi connectivity index (χ2n) is 5.60. The lowest BCUT2D eigenvalue weighted by molar-refractivity contribution is 0.591. The Bertz CT molecular complexity index is 961. The molecule has 0 saturated carbocycles. The van der Waals surface area contributed by atoms with E-state index in [1.165, 1.54) is 5.41 Å². The van der Waals surface area contributed by atoms with Gasteiger partial charge >= 0.3 is 0 Å². The minimum atomic E-state index is -3.53. The molecule has 4 nitrogen and oxygen atoms in total. The average Bonchev–Trinajstić information content (AvgIpc) is 3.14. The van der Waals surface area contributed by atoms with Gasteiger partial charge in [-0.2, -0.15) is 11.3 Å². The molecule has 0 aliphatic rings. The molecular weight excluding hydrogens is 352 g/mol. The van der Waals surface area contributed by atoms with E-state index < -0.39 is 10.0 Å². The number of thiophene rings is 1. The summed E-state index contributed by atoms with van der Waals surface area (Å²) in [6, 6.07) is 13.3. The molecule has 6 heteroatoms. The number of nitrogens with one attached hydrogen (secondary N) is 1. The summed E-state index contributed by atoms with van der Waals surface area (Å²) in [5, 5.41) is 5.16. The number of aryl methyl sites for hydroxylation is 1. The lowest BCUT2D eigenvalue weighted by Crippen LogP contribution is -2.21. The molecule has 2 aromatic heterocycles. The Labute approximate surface area is 151 Å². The van der Waals surface area contributed by atoms with Crippen molar-refractivity contribution in [3.05, 3.63) is 81.5 Å². The van der Waals surface area contributed by atoms with E-state index in [4.69, 9.17) is 0 Å². The molecule has 1 aromatic carbocycles. The minimum absolute atomic E-state index is 0.194. The highest BCUT2D eigenvalue weighted by Crippen LogP contribution is 2.23. The van der Waals surface area contributed by atoms with Crippen LogP contribution in [0.3, 0.4) is 0 Å². The molecule has 0 fully saturated rings. The summed E-state index contributed by atoms with van der Waals surface area (Å²) in [6.07, 6.45) is 3.30. The smallest absolute Gasteiger partial charge is 0.234 e. The fourth-order valence-electron chi connectivity index (χ4n) is 2.31. The van der Waals surface area contributed by atoms with Gasteiger partial charge in [0, 0.05) is 29.1 Å². The highest BCUT2D eigenvalue weighted by atomic mass is 32.2. The minimum Gasteiger partial charge on any atom is -0.256 e. The first kappa shape index (κ1) is 17.5. The second kappa shape index (κ2) is 7.74. The third-order valence-corrected chi connectivity index (χ3v) is 5.39. The zero-order chi connectivity index (χ0) is 17.7. The Morgan fingerprint density at radius 2 is 1.96 bits per heavy atom. The molecule has 128 valence electrons. The van der Waals surface area contributed by atoms with Gasteiger partial charge in [0.25, 0.3) is 0 Å². The van der Waals surface area contributed by atoms with Crippen molar-refractivity contribution in [3.63, 3.8) is 0 Å². The number of benzene rings is 1. The molecule has 0 saturated heterocycles. The lowest BCUT2D eigenvalue weighted by Gasteiger charge is -2.08. The van der Waals surface area contributed by atoms with Crippen molar-refractivity contribution in [2.24, 2.45) is 0 Å². The molecule has 0 amide bonds. The number of pyridine rings is 1. The summed E-state index contributed by atoms with van der Waals surface area (Å²) >= 11 is 1.58. The highest BCUT2D eigenvalue weighted by Gasteiger charge is 2.10. The zero-order valence-electron chi connectivity index (χ0n) is 13.7. The number of hydrogen-bond donors (Lipinski definition) is 1. The van der Waals surface area contributed by atoms with E-state index >= 15 is 0 Å². The fourth-order valence-corrected chi connectivity index (χ4v) is 3.74. The molecular formula is C19H18N2O2S2. The van der Waals surface area contributed by atoms with Gasteiger partial charge in [0.1, 0.15) is 0 Å². The quantitative estimate of drug-likeness (QED) is 0.707. The van der Waals surface area contributed by atoms with Crippen molar-refractivity contribution in [2.45, 2.75) is 13.5 Å². The number of sulfonamides is 1. The normalized spacial score (nSPS) is 11.9. The first-order valence-corrected chi connectivity index (χ1v) is 10.2. The van der Waals surface area contributed by atoms with E-state index in [1.54, 1.807) is 23.6 Å². The Hall–Kier alpha value is -2.28. The zero-order valence-corrected chi connectivity index (χ0v) is 15.3. The largest absolute Gasteiger partial charge is 0.256 e. The lowest BCUT2D eigenvalue weighted by atomic mass is 10.1. The summed E-state index contributed by atoms with van der Waals surface area (Å²) in [7, 11) is -3.53. The molecule has 0 aliphatic heterocycles. The van der Waals surface area contributed by atoms with Crippen LogP contribution in [0.4, 0.5) is 0 Å². The molecule has 0 radical (unpaired) electrons. The molecule has 3 aromatic rings. The van der Waals surface area contributed by atoms with Gasteiger partial charge in [-0.3, -0.25) is 4.98 Å². The Balaban J connectivity index is 1.72. The van der Waals surface area contributed by atoms with Gasteiger partial charge in [0.2, 0.25) is 10.0 Å². The van der Waals surface area contributed by atoms with Crippen LogP contribution in [0.15, 0.2) is 64.8 Å². The summed E-state index contributed by atoms with van der Waals surface area (Å²) in [4.78, 5) is 4.38. The van der Waals surface area contributed by atoms with E-state index in [9.17, 15) is 8.42 Å². The van der Waals surface area contributed by atoms with Gasteiger partial charge in [-0.25, -0.2) is 13.1 Å². The predicted molar refractivity (Wildman–Crippen MR) is 104 cm³/mol. The van der Waals surface area contributed by atoms with Crippen LogP contribution in [0, 0.1) is 6.92 Å². The molecule has 0 unspecified atom stereocenters. The van der Waals surface area contributed by atoms with Gasteiger partial charge in [0.05, 0.1) is 5.69 Å². The van der Waals surface area contributed by atoms with E-state index in [-0.39, 0.29) is 6.54 Å². The van der Waals surface area contributed by atoms with Crippen LogP contribution < -0.4 is 4.72 Å².